The van der Waals surface area contributed by atoms with Gasteiger partial charge in [-0.15, -0.1) is 0 Å². The van der Waals surface area contributed by atoms with Gasteiger partial charge in [-0.2, -0.15) is 0 Å². The number of amides is 1. The first-order valence-electron chi connectivity index (χ1n) is 9.12. The average molecular weight is 417 g/mol. The third-order valence-electron chi connectivity index (χ3n) is 3.93. The van der Waals surface area contributed by atoms with E-state index in [4.69, 9.17) is 16.3 Å². The molecule has 1 heterocycles. The van der Waals surface area contributed by atoms with E-state index in [-0.39, 0.29) is 17.9 Å². The number of H-pyrrole nitrogens is 1. The van der Waals surface area contributed by atoms with Crippen LogP contribution in [-0.4, -0.2) is 30.0 Å². The lowest BCUT2D eigenvalue weighted by atomic mass is 10.2. The number of carbonyl (C=O) groups is 2. The van der Waals surface area contributed by atoms with Crippen molar-refractivity contribution >= 4 is 34.4 Å². The number of carbonyl (C=O) groups excluding carboxylic acids is 2. The number of fused-ring (bicyclic) bond motifs is 1. The van der Waals surface area contributed by atoms with Crippen molar-refractivity contribution in [1.29, 1.82) is 0 Å². The maximum Gasteiger partial charge on any atom is 0.302 e. The number of benzene rings is 2. The molecular weight excluding hydrogens is 392 g/mol. The molecule has 0 unspecified atom stereocenters. The number of halogens is 1. The Bertz CT molecular complexity index is 994. The molecule has 3 aromatic rings. The molecule has 0 bridgehead atoms. The molecule has 0 aliphatic carbocycles. The van der Waals surface area contributed by atoms with Gasteiger partial charge in [-0.25, -0.2) is 0 Å². The van der Waals surface area contributed by atoms with Crippen LogP contribution in [0.4, 0.5) is 0 Å². The predicted octanol–water partition coefficient (Wildman–Crippen LogP) is 5.24. The van der Waals surface area contributed by atoms with Crippen molar-refractivity contribution in [1.82, 2.24) is 10.3 Å². The van der Waals surface area contributed by atoms with Crippen LogP contribution < -0.4 is 10.1 Å². The highest BCUT2D eigenvalue weighted by Gasteiger charge is 2.12. The summed E-state index contributed by atoms with van der Waals surface area (Å²) in [5.74, 6) is 1.07. The van der Waals surface area contributed by atoms with Crippen molar-refractivity contribution in [3.8, 4) is 11.5 Å². The van der Waals surface area contributed by atoms with Gasteiger partial charge in [0.2, 0.25) is 0 Å². The number of ether oxygens (including phenoxy) is 2. The fraction of sp³-hybridized carbons (Fsp3) is 0.273. The van der Waals surface area contributed by atoms with Crippen molar-refractivity contribution in [2.75, 3.05) is 7.11 Å². The molecule has 3 rings (SSSR count). The van der Waals surface area contributed by atoms with Gasteiger partial charge < -0.3 is 19.8 Å². The van der Waals surface area contributed by atoms with Crippen LogP contribution >= 0.6 is 11.6 Å². The van der Waals surface area contributed by atoms with Crippen LogP contribution in [0, 0.1) is 6.92 Å². The van der Waals surface area contributed by atoms with E-state index in [0.29, 0.717) is 16.3 Å². The molecule has 0 saturated carbocycles. The van der Waals surface area contributed by atoms with E-state index in [1.54, 1.807) is 24.3 Å². The van der Waals surface area contributed by atoms with Crippen molar-refractivity contribution in [3.63, 3.8) is 0 Å². The summed E-state index contributed by atoms with van der Waals surface area (Å²) in [6.45, 7) is 7.17. The molecule has 2 N–H and O–H groups in total. The summed E-state index contributed by atoms with van der Waals surface area (Å²) >= 11 is 6.09. The molecule has 6 nitrogen and oxygen atoms in total. The minimum absolute atomic E-state index is 0.0911. The smallest absolute Gasteiger partial charge is 0.302 e. The Hall–Kier alpha value is -2.99. The first-order valence-corrected chi connectivity index (χ1v) is 9.50. The molecule has 0 aliphatic rings. The lowest BCUT2D eigenvalue weighted by Crippen LogP contribution is -2.29. The van der Waals surface area contributed by atoms with Gasteiger partial charge in [0.25, 0.3) is 5.91 Å². The molecule has 154 valence electrons. The van der Waals surface area contributed by atoms with Gasteiger partial charge >= 0.3 is 5.97 Å². The number of methoxy groups -OCH3 is 1. The molecular formula is C22H25ClN2O4. The fourth-order valence-electron chi connectivity index (χ4n) is 2.54. The Kier molecular flexibility index (Phi) is 7.67. The summed E-state index contributed by atoms with van der Waals surface area (Å²) in [7, 11) is 1.35. The molecule has 1 amide bonds. The van der Waals surface area contributed by atoms with E-state index in [2.05, 4.69) is 15.0 Å². The van der Waals surface area contributed by atoms with Gasteiger partial charge in [0.15, 0.2) is 5.75 Å². The van der Waals surface area contributed by atoms with Gasteiger partial charge in [-0.05, 0) is 63.2 Å². The molecule has 2 aromatic carbocycles. The molecule has 7 heteroatoms. The summed E-state index contributed by atoms with van der Waals surface area (Å²) in [4.78, 5) is 24.8. The van der Waals surface area contributed by atoms with E-state index in [9.17, 15) is 9.59 Å². The first-order chi connectivity index (χ1) is 13.7. The number of aromatic amines is 1. The number of esters is 1. The molecule has 0 saturated heterocycles. The van der Waals surface area contributed by atoms with E-state index in [1.165, 1.54) is 14.0 Å². The Morgan fingerprint density at radius 1 is 1.10 bits per heavy atom. The number of rotatable bonds is 4. The monoisotopic (exact) mass is 416 g/mol. The van der Waals surface area contributed by atoms with Crippen LogP contribution in [0.25, 0.3) is 10.9 Å². The minimum atomic E-state index is -0.245. The first kappa shape index (κ1) is 22.3. The van der Waals surface area contributed by atoms with Crippen molar-refractivity contribution < 1.29 is 19.1 Å². The zero-order valence-electron chi connectivity index (χ0n) is 17.1. The van der Waals surface area contributed by atoms with Gasteiger partial charge in [0.1, 0.15) is 5.75 Å². The van der Waals surface area contributed by atoms with E-state index >= 15 is 0 Å². The molecule has 0 atom stereocenters. The second-order valence-corrected chi connectivity index (χ2v) is 7.16. The Balaban J connectivity index is 0.000000537. The normalized spacial score (nSPS) is 10.3. The predicted molar refractivity (Wildman–Crippen MR) is 115 cm³/mol. The standard InChI is InChI=1S/C19H19ClN2O2.C3H6O2/c1-11(2)21-19(23)13-4-7-15(8-5-13)24-18-12(3)22-17-9-6-14(20)10-16(17)18;1-3(4)5-2/h4-11,22H,1-3H3,(H,21,23);1-2H3. The number of aryl methyl sites for hydroxylation is 1. The second kappa shape index (κ2) is 9.98. The quantitative estimate of drug-likeness (QED) is 0.570. The highest BCUT2D eigenvalue weighted by Crippen LogP contribution is 2.35. The number of aromatic nitrogens is 1. The van der Waals surface area contributed by atoms with Crippen molar-refractivity contribution in [2.24, 2.45) is 0 Å². The maximum absolute atomic E-state index is 12.0. The summed E-state index contributed by atoms with van der Waals surface area (Å²) < 4.78 is 10.1. The largest absolute Gasteiger partial charge is 0.469 e. The van der Waals surface area contributed by atoms with Gasteiger partial charge in [-0.3, -0.25) is 9.59 Å². The van der Waals surface area contributed by atoms with Gasteiger partial charge in [0, 0.05) is 34.5 Å². The second-order valence-electron chi connectivity index (χ2n) is 6.72. The summed E-state index contributed by atoms with van der Waals surface area (Å²) in [6.07, 6.45) is 0. The average Bonchev–Trinajstić information content (AvgIpc) is 2.97. The van der Waals surface area contributed by atoms with Gasteiger partial charge in [-0.1, -0.05) is 11.6 Å². The third kappa shape index (κ3) is 6.26. The molecule has 0 aliphatic heterocycles. The van der Waals surface area contributed by atoms with Crippen molar-refractivity contribution in [2.45, 2.75) is 33.7 Å². The summed E-state index contributed by atoms with van der Waals surface area (Å²) in [5.41, 5.74) is 2.50. The summed E-state index contributed by atoms with van der Waals surface area (Å²) in [6, 6.07) is 12.8. The van der Waals surface area contributed by atoms with Gasteiger partial charge in [0.05, 0.1) is 12.8 Å². The van der Waals surface area contributed by atoms with Crippen LogP contribution in [-0.2, 0) is 9.53 Å². The zero-order valence-corrected chi connectivity index (χ0v) is 17.9. The maximum atomic E-state index is 12.0. The van der Waals surface area contributed by atoms with Crippen molar-refractivity contribution in [3.05, 3.63) is 58.7 Å². The van der Waals surface area contributed by atoms with Crippen LogP contribution in [0.5, 0.6) is 11.5 Å². The molecule has 0 radical (unpaired) electrons. The number of hydrogen-bond acceptors (Lipinski definition) is 4. The highest BCUT2D eigenvalue weighted by molar-refractivity contribution is 6.31. The van der Waals surface area contributed by atoms with Crippen LogP contribution in [0.15, 0.2) is 42.5 Å². The number of hydrogen-bond donors (Lipinski definition) is 2. The third-order valence-corrected chi connectivity index (χ3v) is 4.17. The van der Waals surface area contributed by atoms with E-state index in [1.807, 2.05) is 39.0 Å². The summed E-state index contributed by atoms with van der Waals surface area (Å²) in [5, 5.41) is 4.46. The molecule has 1 aromatic heterocycles. The Morgan fingerprint density at radius 3 is 2.28 bits per heavy atom. The van der Waals surface area contributed by atoms with Crippen LogP contribution in [0.2, 0.25) is 5.02 Å². The molecule has 29 heavy (non-hydrogen) atoms. The highest BCUT2D eigenvalue weighted by atomic mass is 35.5. The van der Waals surface area contributed by atoms with E-state index < -0.39 is 0 Å². The Labute approximate surface area is 175 Å². The molecule has 0 fully saturated rings. The van der Waals surface area contributed by atoms with E-state index in [0.717, 1.165) is 22.3 Å². The minimum Gasteiger partial charge on any atom is -0.469 e. The number of nitrogens with one attached hydrogen (secondary N) is 2. The van der Waals surface area contributed by atoms with Crippen LogP contribution in [0.1, 0.15) is 36.8 Å². The fourth-order valence-corrected chi connectivity index (χ4v) is 2.72. The lowest BCUT2D eigenvalue weighted by molar-refractivity contribution is -0.137. The van der Waals surface area contributed by atoms with Crippen LogP contribution in [0.3, 0.4) is 0 Å². The Morgan fingerprint density at radius 2 is 1.72 bits per heavy atom. The zero-order chi connectivity index (χ0) is 21.6. The lowest BCUT2D eigenvalue weighted by Gasteiger charge is -2.09. The SMILES string of the molecule is COC(C)=O.Cc1[nH]c2ccc(Cl)cc2c1Oc1ccc(C(=O)NC(C)C)cc1. The topological polar surface area (TPSA) is 80.4 Å². The molecule has 0 spiro atoms.